The van der Waals surface area contributed by atoms with Crippen LogP contribution in [0.25, 0.3) is 0 Å². The standard InChI is InChI=1S/C20H22OS2/c1-20(2)18(14-7-11-16(23-4)12-8-14)17(19(20)21)13-5-9-15(22-3)10-6-13/h5-12,17-18H,1-4H3/t17-,18-/m1/s1. The van der Waals surface area contributed by atoms with Crippen LogP contribution in [0.1, 0.15) is 36.8 Å². The number of carbonyl (C=O) groups excluding carboxylic acids is 1. The summed E-state index contributed by atoms with van der Waals surface area (Å²) in [7, 11) is 0. The second kappa shape index (κ2) is 6.37. The Morgan fingerprint density at radius 1 is 0.783 bits per heavy atom. The molecule has 0 aliphatic heterocycles. The minimum absolute atomic E-state index is 0.0129. The van der Waals surface area contributed by atoms with Gasteiger partial charge in [-0.15, -0.1) is 23.5 Å². The molecule has 3 heteroatoms. The summed E-state index contributed by atoms with van der Waals surface area (Å²) in [6.07, 6.45) is 4.16. The van der Waals surface area contributed by atoms with Crippen molar-refractivity contribution >= 4 is 29.3 Å². The molecule has 1 fully saturated rings. The number of carbonyl (C=O) groups is 1. The van der Waals surface area contributed by atoms with Crippen LogP contribution in [0.2, 0.25) is 0 Å². The maximum atomic E-state index is 12.7. The lowest BCUT2D eigenvalue weighted by Crippen LogP contribution is -2.50. The first-order valence-corrected chi connectivity index (χ1v) is 10.3. The van der Waals surface area contributed by atoms with Gasteiger partial charge in [0.1, 0.15) is 5.78 Å². The Kier molecular flexibility index (Phi) is 4.61. The van der Waals surface area contributed by atoms with E-state index in [1.54, 1.807) is 23.5 Å². The zero-order valence-corrected chi connectivity index (χ0v) is 15.6. The first kappa shape index (κ1) is 16.7. The average molecular weight is 343 g/mol. The minimum atomic E-state index is -0.288. The maximum absolute atomic E-state index is 12.7. The highest BCUT2D eigenvalue weighted by atomic mass is 32.2. The molecule has 0 N–H and O–H groups in total. The molecular formula is C20H22OS2. The SMILES string of the molecule is CSc1ccc([C@H]2C(=O)C(C)(C)[C@@H]2c2ccc(SC)cc2)cc1. The Morgan fingerprint density at radius 3 is 1.65 bits per heavy atom. The molecule has 0 amide bonds. The topological polar surface area (TPSA) is 17.1 Å². The molecule has 0 aromatic heterocycles. The molecule has 0 radical (unpaired) electrons. The van der Waals surface area contributed by atoms with Gasteiger partial charge in [-0.25, -0.2) is 0 Å². The summed E-state index contributed by atoms with van der Waals surface area (Å²) < 4.78 is 0. The first-order valence-electron chi connectivity index (χ1n) is 7.81. The minimum Gasteiger partial charge on any atom is -0.298 e. The molecular weight excluding hydrogens is 320 g/mol. The Balaban J connectivity index is 1.95. The van der Waals surface area contributed by atoms with Crippen molar-refractivity contribution in [2.45, 2.75) is 35.5 Å². The molecule has 23 heavy (non-hydrogen) atoms. The molecule has 2 aromatic rings. The molecule has 1 nitrogen and oxygen atoms in total. The average Bonchev–Trinajstić information content (AvgIpc) is 2.59. The van der Waals surface area contributed by atoms with E-state index < -0.39 is 0 Å². The summed E-state index contributed by atoms with van der Waals surface area (Å²) >= 11 is 3.48. The highest BCUT2D eigenvalue weighted by Crippen LogP contribution is 2.58. The number of ketones is 1. The third-order valence-electron chi connectivity index (χ3n) is 4.98. The smallest absolute Gasteiger partial charge is 0.147 e. The summed E-state index contributed by atoms with van der Waals surface area (Å²) in [6, 6.07) is 17.2. The van der Waals surface area contributed by atoms with Gasteiger partial charge in [0.05, 0.1) is 5.92 Å². The van der Waals surface area contributed by atoms with Crippen LogP contribution in [0.15, 0.2) is 58.3 Å². The molecule has 0 unspecified atom stereocenters. The fourth-order valence-corrected chi connectivity index (χ4v) is 4.42. The predicted molar refractivity (Wildman–Crippen MR) is 101 cm³/mol. The van der Waals surface area contributed by atoms with Crippen molar-refractivity contribution < 1.29 is 4.79 Å². The number of rotatable bonds is 4. The van der Waals surface area contributed by atoms with E-state index in [0.29, 0.717) is 5.78 Å². The Bertz CT molecular complexity index is 701. The van der Waals surface area contributed by atoms with Crippen molar-refractivity contribution in [3.63, 3.8) is 0 Å². The van der Waals surface area contributed by atoms with Crippen LogP contribution < -0.4 is 0 Å². The molecule has 2 atom stereocenters. The van der Waals surface area contributed by atoms with Crippen molar-refractivity contribution in [2.24, 2.45) is 5.41 Å². The van der Waals surface area contributed by atoms with Gasteiger partial charge in [-0.3, -0.25) is 4.79 Å². The van der Waals surface area contributed by atoms with Gasteiger partial charge in [0, 0.05) is 21.1 Å². The largest absolute Gasteiger partial charge is 0.298 e. The second-order valence-electron chi connectivity index (χ2n) is 6.59. The van der Waals surface area contributed by atoms with Gasteiger partial charge in [0.2, 0.25) is 0 Å². The maximum Gasteiger partial charge on any atom is 0.147 e. The Morgan fingerprint density at radius 2 is 1.22 bits per heavy atom. The molecule has 0 bridgehead atoms. The molecule has 0 heterocycles. The van der Waals surface area contributed by atoms with Gasteiger partial charge >= 0.3 is 0 Å². The number of hydrogen-bond donors (Lipinski definition) is 0. The fraction of sp³-hybridized carbons (Fsp3) is 0.350. The van der Waals surface area contributed by atoms with E-state index in [2.05, 4.69) is 74.9 Å². The molecule has 0 spiro atoms. The van der Waals surface area contributed by atoms with Crippen LogP contribution in [0.3, 0.4) is 0 Å². The number of hydrogen-bond acceptors (Lipinski definition) is 3. The molecule has 120 valence electrons. The van der Waals surface area contributed by atoms with E-state index in [4.69, 9.17) is 0 Å². The number of thioether (sulfide) groups is 2. The van der Waals surface area contributed by atoms with Gasteiger partial charge in [-0.1, -0.05) is 38.1 Å². The molecule has 2 aromatic carbocycles. The van der Waals surface area contributed by atoms with Crippen molar-refractivity contribution in [3.8, 4) is 0 Å². The zero-order valence-electron chi connectivity index (χ0n) is 14.0. The van der Waals surface area contributed by atoms with Gasteiger partial charge in [0.15, 0.2) is 0 Å². The van der Waals surface area contributed by atoms with Crippen LogP contribution in [0.5, 0.6) is 0 Å². The molecule has 1 aliphatic carbocycles. The second-order valence-corrected chi connectivity index (χ2v) is 8.35. The van der Waals surface area contributed by atoms with Crippen molar-refractivity contribution in [1.82, 2.24) is 0 Å². The summed E-state index contributed by atoms with van der Waals surface area (Å²) in [5.41, 5.74) is 2.13. The van der Waals surface area contributed by atoms with Gasteiger partial charge in [-0.05, 0) is 47.9 Å². The van der Waals surface area contributed by atoms with E-state index in [0.717, 1.165) is 5.56 Å². The number of Topliss-reactive ketones (excluding diaryl/α,β-unsaturated/α-hetero) is 1. The summed E-state index contributed by atoms with van der Waals surface area (Å²) in [4.78, 5) is 15.2. The van der Waals surface area contributed by atoms with E-state index in [1.165, 1.54) is 15.4 Å². The molecule has 1 aliphatic rings. The van der Waals surface area contributed by atoms with Crippen LogP contribution in [0, 0.1) is 5.41 Å². The molecule has 1 saturated carbocycles. The summed E-state index contributed by atoms with van der Waals surface area (Å²) in [6.45, 7) is 4.16. The third-order valence-corrected chi connectivity index (χ3v) is 6.47. The van der Waals surface area contributed by atoms with Crippen LogP contribution in [-0.2, 0) is 4.79 Å². The highest BCUT2D eigenvalue weighted by Gasteiger charge is 2.56. The molecule has 3 rings (SSSR count). The summed E-state index contributed by atoms with van der Waals surface area (Å²) in [5.74, 6) is 0.598. The van der Waals surface area contributed by atoms with Crippen LogP contribution in [-0.4, -0.2) is 18.3 Å². The Hall–Kier alpha value is -1.19. The highest BCUT2D eigenvalue weighted by molar-refractivity contribution is 7.98. The quantitative estimate of drug-likeness (QED) is 0.673. The third kappa shape index (κ3) is 2.85. The van der Waals surface area contributed by atoms with E-state index in [-0.39, 0.29) is 17.3 Å². The molecule has 0 saturated heterocycles. The van der Waals surface area contributed by atoms with E-state index in [1.807, 2.05) is 0 Å². The van der Waals surface area contributed by atoms with Crippen LogP contribution >= 0.6 is 23.5 Å². The normalized spacial score (nSPS) is 22.7. The van der Waals surface area contributed by atoms with E-state index in [9.17, 15) is 4.79 Å². The Labute approximate surface area is 147 Å². The van der Waals surface area contributed by atoms with Gasteiger partial charge < -0.3 is 0 Å². The summed E-state index contributed by atoms with van der Waals surface area (Å²) in [5, 5.41) is 0. The van der Waals surface area contributed by atoms with Crippen molar-refractivity contribution in [1.29, 1.82) is 0 Å². The first-order chi connectivity index (χ1) is 11.0. The lowest BCUT2D eigenvalue weighted by molar-refractivity contribution is -0.141. The van der Waals surface area contributed by atoms with Gasteiger partial charge in [-0.2, -0.15) is 0 Å². The van der Waals surface area contributed by atoms with E-state index >= 15 is 0 Å². The van der Waals surface area contributed by atoms with Crippen molar-refractivity contribution in [3.05, 3.63) is 59.7 Å². The number of benzene rings is 2. The van der Waals surface area contributed by atoms with Crippen molar-refractivity contribution in [2.75, 3.05) is 12.5 Å². The fourth-order valence-electron chi connectivity index (χ4n) is 3.60. The lowest BCUT2D eigenvalue weighted by atomic mass is 9.51. The van der Waals surface area contributed by atoms with Gasteiger partial charge in [0.25, 0.3) is 0 Å². The predicted octanol–water partition coefficient (Wildman–Crippen LogP) is 5.61. The van der Waals surface area contributed by atoms with Crippen LogP contribution in [0.4, 0.5) is 0 Å². The lowest BCUT2D eigenvalue weighted by Gasteiger charge is -2.50. The zero-order chi connectivity index (χ0) is 16.6. The monoisotopic (exact) mass is 342 g/mol.